The second-order valence-electron chi connectivity index (χ2n) is 7.00. The van der Waals surface area contributed by atoms with Gasteiger partial charge in [0, 0.05) is 45.8 Å². The summed E-state index contributed by atoms with van der Waals surface area (Å²) in [6.07, 6.45) is 0. The quantitative estimate of drug-likeness (QED) is 0.495. The van der Waals surface area contributed by atoms with Gasteiger partial charge in [-0.25, -0.2) is 4.99 Å². The number of benzene rings is 1. The zero-order chi connectivity index (χ0) is 20.4. The van der Waals surface area contributed by atoms with Crippen molar-refractivity contribution in [2.75, 3.05) is 67.1 Å². The Balaban J connectivity index is 1.97. The fourth-order valence-corrected chi connectivity index (χ4v) is 2.80. The number of nitrogens with zero attached hydrogens (tertiary/aromatic N) is 3. The van der Waals surface area contributed by atoms with Crippen molar-refractivity contribution >= 4 is 11.9 Å². The van der Waals surface area contributed by atoms with Crippen molar-refractivity contribution in [2.24, 2.45) is 4.99 Å². The summed E-state index contributed by atoms with van der Waals surface area (Å²) in [6, 6.07) is 6.06. The van der Waals surface area contributed by atoms with E-state index in [4.69, 9.17) is 9.47 Å². The van der Waals surface area contributed by atoms with Crippen LogP contribution < -0.4 is 15.4 Å². The van der Waals surface area contributed by atoms with Crippen LogP contribution in [0.5, 0.6) is 5.75 Å². The lowest BCUT2D eigenvalue weighted by molar-refractivity contribution is -0.127. The summed E-state index contributed by atoms with van der Waals surface area (Å²) in [7, 11) is 5.14. The van der Waals surface area contributed by atoms with Crippen molar-refractivity contribution in [3.63, 3.8) is 0 Å². The standard InChI is InChI=1S/C20H33N5O3/c1-16-5-6-17(18(13-16)27-4)14-22-20(23-15-19(26)24(2)3)21-7-8-25-9-11-28-12-10-25/h5-6,13H,7-12,14-15H2,1-4H3,(H2,21,22,23). The predicted octanol–water partition coefficient (Wildman–Crippen LogP) is 0.459. The number of guanidine groups is 1. The number of rotatable bonds is 8. The Hall–Kier alpha value is -2.32. The minimum Gasteiger partial charge on any atom is -0.496 e. The summed E-state index contributed by atoms with van der Waals surface area (Å²) in [5.74, 6) is 1.43. The topological polar surface area (TPSA) is 78.4 Å². The van der Waals surface area contributed by atoms with Crippen LogP contribution in [0.4, 0.5) is 0 Å². The number of morpholine rings is 1. The molecule has 1 saturated heterocycles. The Bertz CT molecular complexity index is 657. The maximum Gasteiger partial charge on any atom is 0.241 e. The third-order valence-corrected chi connectivity index (χ3v) is 4.58. The number of methoxy groups -OCH3 is 1. The van der Waals surface area contributed by atoms with Crippen molar-refractivity contribution < 1.29 is 14.3 Å². The van der Waals surface area contributed by atoms with E-state index in [0.29, 0.717) is 12.5 Å². The summed E-state index contributed by atoms with van der Waals surface area (Å²) >= 11 is 0. The molecule has 0 saturated carbocycles. The monoisotopic (exact) mass is 391 g/mol. The molecular formula is C20H33N5O3. The first-order valence-corrected chi connectivity index (χ1v) is 9.65. The molecule has 1 aromatic rings. The molecule has 1 fully saturated rings. The Kier molecular flexibility index (Phi) is 9.03. The molecule has 2 rings (SSSR count). The van der Waals surface area contributed by atoms with Gasteiger partial charge in [0.05, 0.1) is 33.4 Å². The van der Waals surface area contributed by atoms with Gasteiger partial charge in [0.1, 0.15) is 5.75 Å². The fraction of sp³-hybridized carbons (Fsp3) is 0.600. The zero-order valence-corrected chi connectivity index (χ0v) is 17.5. The molecule has 0 atom stereocenters. The van der Waals surface area contributed by atoms with Gasteiger partial charge in [-0.15, -0.1) is 0 Å². The minimum atomic E-state index is -0.00408. The molecule has 0 bridgehead atoms. The van der Waals surface area contributed by atoms with Crippen LogP contribution in [0, 0.1) is 6.92 Å². The first kappa shape index (κ1) is 22.0. The number of likely N-dealkylation sites (N-methyl/N-ethyl adjacent to an activating group) is 1. The highest BCUT2D eigenvalue weighted by Gasteiger charge is 2.11. The van der Waals surface area contributed by atoms with Crippen molar-refractivity contribution in [2.45, 2.75) is 13.5 Å². The normalized spacial score (nSPS) is 15.2. The number of aliphatic imine (C=N–C) groups is 1. The van der Waals surface area contributed by atoms with E-state index in [1.54, 1.807) is 26.1 Å². The third kappa shape index (κ3) is 7.36. The molecule has 1 heterocycles. The summed E-state index contributed by atoms with van der Waals surface area (Å²) in [5, 5.41) is 6.45. The number of carbonyl (C=O) groups excluding carboxylic acids is 1. The largest absolute Gasteiger partial charge is 0.496 e. The lowest BCUT2D eigenvalue weighted by Gasteiger charge is -2.26. The number of hydrogen-bond acceptors (Lipinski definition) is 5. The highest BCUT2D eigenvalue weighted by molar-refractivity contribution is 5.86. The van der Waals surface area contributed by atoms with Crippen LogP contribution in [0.25, 0.3) is 0 Å². The Morgan fingerprint density at radius 1 is 1.29 bits per heavy atom. The van der Waals surface area contributed by atoms with Crippen molar-refractivity contribution in [3.8, 4) is 5.75 Å². The highest BCUT2D eigenvalue weighted by atomic mass is 16.5. The Morgan fingerprint density at radius 3 is 2.71 bits per heavy atom. The van der Waals surface area contributed by atoms with E-state index in [1.807, 2.05) is 25.1 Å². The average Bonchev–Trinajstić information content (AvgIpc) is 2.70. The molecule has 0 unspecified atom stereocenters. The fourth-order valence-electron chi connectivity index (χ4n) is 2.80. The van der Waals surface area contributed by atoms with Gasteiger partial charge in [0.25, 0.3) is 0 Å². The second kappa shape index (κ2) is 11.5. The van der Waals surface area contributed by atoms with E-state index >= 15 is 0 Å². The van der Waals surface area contributed by atoms with Gasteiger partial charge in [0.15, 0.2) is 5.96 Å². The second-order valence-corrected chi connectivity index (χ2v) is 7.00. The third-order valence-electron chi connectivity index (χ3n) is 4.58. The molecule has 0 aromatic heterocycles. The van der Waals surface area contributed by atoms with Gasteiger partial charge in [0.2, 0.25) is 5.91 Å². The van der Waals surface area contributed by atoms with Gasteiger partial charge >= 0.3 is 0 Å². The molecule has 0 radical (unpaired) electrons. The van der Waals surface area contributed by atoms with E-state index in [0.717, 1.165) is 56.3 Å². The Labute approximate surface area is 167 Å². The minimum absolute atomic E-state index is 0.00408. The molecule has 8 heteroatoms. The van der Waals surface area contributed by atoms with E-state index in [1.165, 1.54) is 0 Å². The summed E-state index contributed by atoms with van der Waals surface area (Å²) in [6.45, 7) is 7.79. The molecule has 1 amide bonds. The number of aryl methyl sites for hydroxylation is 1. The molecule has 156 valence electrons. The molecule has 1 aromatic carbocycles. The predicted molar refractivity (Wildman–Crippen MR) is 111 cm³/mol. The summed E-state index contributed by atoms with van der Waals surface area (Å²) in [5.41, 5.74) is 2.14. The van der Waals surface area contributed by atoms with Crippen LogP contribution in [-0.2, 0) is 16.1 Å². The van der Waals surface area contributed by atoms with Crippen LogP contribution in [0.2, 0.25) is 0 Å². The smallest absolute Gasteiger partial charge is 0.241 e. The molecule has 0 aliphatic carbocycles. The van der Waals surface area contributed by atoms with Crippen LogP contribution in [0.15, 0.2) is 23.2 Å². The lowest BCUT2D eigenvalue weighted by atomic mass is 10.1. The number of nitrogens with one attached hydrogen (secondary N) is 2. The summed E-state index contributed by atoms with van der Waals surface area (Å²) in [4.78, 5) is 20.5. The summed E-state index contributed by atoms with van der Waals surface area (Å²) < 4.78 is 10.8. The van der Waals surface area contributed by atoms with E-state index < -0.39 is 0 Å². The number of ether oxygens (including phenoxy) is 2. The van der Waals surface area contributed by atoms with E-state index in [9.17, 15) is 4.79 Å². The highest BCUT2D eigenvalue weighted by Crippen LogP contribution is 2.20. The number of carbonyl (C=O) groups is 1. The van der Waals surface area contributed by atoms with Crippen LogP contribution in [0.1, 0.15) is 11.1 Å². The lowest BCUT2D eigenvalue weighted by Crippen LogP contribution is -2.46. The maximum atomic E-state index is 11.9. The van der Waals surface area contributed by atoms with Gasteiger partial charge in [-0.3, -0.25) is 9.69 Å². The van der Waals surface area contributed by atoms with Gasteiger partial charge in [-0.1, -0.05) is 12.1 Å². The van der Waals surface area contributed by atoms with Crippen LogP contribution in [0.3, 0.4) is 0 Å². The molecule has 1 aliphatic heterocycles. The molecule has 2 N–H and O–H groups in total. The number of hydrogen-bond donors (Lipinski definition) is 2. The van der Waals surface area contributed by atoms with Crippen molar-refractivity contribution in [1.29, 1.82) is 0 Å². The van der Waals surface area contributed by atoms with E-state index in [2.05, 4.69) is 20.5 Å². The first-order valence-electron chi connectivity index (χ1n) is 9.65. The average molecular weight is 392 g/mol. The molecule has 0 spiro atoms. The molecule has 1 aliphatic rings. The van der Waals surface area contributed by atoms with Crippen LogP contribution >= 0.6 is 0 Å². The van der Waals surface area contributed by atoms with Gasteiger partial charge < -0.3 is 25.0 Å². The molecular weight excluding hydrogens is 358 g/mol. The van der Waals surface area contributed by atoms with Crippen molar-refractivity contribution in [3.05, 3.63) is 29.3 Å². The van der Waals surface area contributed by atoms with Gasteiger partial charge in [-0.05, 0) is 18.6 Å². The zero-order valence-electron chi connectivity index (χ0n) is 17.5. The van der Waals surface area contributed by atoms with Gasteiger partial charge in [-0.2, -0.15) is 0 Å². The van der Waals surface area contributed by atoms with Crippen molar-refractivity contribution in [1.82, 2.24) is 20.4 Å². The Morgan fingerprint density at radius 2 is 2.04 bits per heavy atom. The number of amides is 1. The molecule has 8 nitrogen and oxygen atoms in total. The maximum absolute atomic E-state index is 11.9. The SMILES string of the molecule is COc1cc(C)ccc1CN=C(NCCN1CCOCC1)NCC(=O)N(C)C. The van der Waals surface area contributed by atoms with Crippen LogP contribution in [-0.4, -0.2) is 88.8 Å². The molecule has 28 heavy (non-hydrogen) atoms. The van der Waals surface area contributed by atoms with E-state index in [-0.39, 0.29) is 12.5 Å². The first-order chi connectivity index (χ1) is 13.5.